The van der Waals surface area contributed by atoms with E-state index >= 15 is 0 Å². The van der Waals surface area contributed by atoms with E-state index in [4.69, 9.17) is 16.7 Å². The van der Waals surface area contributed by atoms with Gasteiger partial charge in [-0.05, 0) is 37.3 Å². The zero-order valence-electron chi connectivity index (χ0n) is 13.9. The summed E-state index contributed by atoms with van der Waals surface area (Å²) in [5.41, 5.74) is 6.46. The minimum absolute atomic E-state index is 0.730. The molecule has 0 aliphatic rings. The van der Waals surface area contributed by atoms with Crippen LogP contribution < -0.4 is 0 Å². The van der Waals surface area contributed by atoms with Crippen LogP contribution in [0.5, 0.6) is 0 Å². The van der Waals surface area contributed by atoms with E-state index < -0.39 is 0 Å². The van der Waals surface area contributed by atoms with Crippen molar-refractivity contribution >= 4 is 11.6 Å². The Morgan fingerprint density at radius 1 is 0.760 bits per heavy atom. The highest BCUT2D eigenvalue weighted by Crippen LogP contribution is 2.29. The lowest BCUT2D eigenvalue weighted by Gasteiger charge is -2.07. The van der Waals surface area contributed by atoms with E-state index in [-0.39, 0.29) is 0 Å². The van der Waals surface area contributed by atoms with Crippen LogP contribution in [-0.4, -0.2) is 9.78 Å². The number of hydrogen-bond donors (Lipinski definition) is 0. The molecule has 0 spiro atoms. The monoisotopic (exact) mass is 344 g/mol. The molecule has 0 bridgehead atoms. The molecule has 25 heavy (non-hydrogen) atoms. The van der Waals surface area contributed by atoms with Crippen LogP contribution in [0.25, 0.3) is 28.2 Å². The third-order valence-electron chi connectivity index (χ3n) is 4.20. The van der Waals surface area contributed by atoms with Crippen molar-refractivity contribution in [3.8, 4) is 28.2 Å². The summed E-state index contributed by atoms with van der Waals surface area (Å²) in [5.74, 6) is 0. The maximum absolute atomic E-state index is 6.05. The third-order valence-corrected chi connectivity index (χ3v) is 4.45. The highest BCUT2D eigenvalue weighted by molar-refractivity contribution is 6.30. The van der Waals surface area contributed by atoms with E-state index in [1.165, 1.54) is 5.56 Å². The van der Waals surface area contributed by atoms with Gasteiger partial charge in [0.2, 0.25) is 0 Å². The molecule has 0 fully saturated rings. The molecule has 0 N–H and O–H groups in total. The molecule has 0 atom stereocenters. The van der Waals surface area contributed by atoms with Crippen molar-refractivity contribution in [1.82, 2.24) is 9.78 Å². The summed E-state index contributed by atoms with van der Waals surface area (Å²) in [6, 6.07) is 28.6. The van der Waals surface area contributed by atoms with Gasteiger partial charge in [-0.3, -0.25) is 0 Å². The van der Waals surface area contributed by atoms with Crippen LogP contribution in [0.3, 0.4) is 0 Å². The quantitative estimate of drug-likeness (QED) is 0.434. The van der Waals surface area contributed by atoms with Crippen molar-refractivity contribution in [2.24, 2.45) is 0 Å². The predicted molar refractivity (Wildman–Crippen MR) is 104 cm³/mol. The predicted octanol–water partition coefficient (Wildman–Crippen LogP) is 6.17. The van der Waals surface area contributed by atoms with Crippen LogP contribution in [0.1, 0.15) is 5.56 Å². The number of aromatic nitrogens is 2. The van der Waals surface area contributed by atoms with Gasteiger partial charge in [-0.1, -0.05) is 71.8 Å². The Balaban J connectivity index is 1.89. The van der Waals surface area contributed by atoms with Gasteiger partial charge in [0.15, 0.2) is 0 Å². The van der Waals surface area contributed by atoms with E-state index in [1.54, 1.807) is 0 Å². The first-order chi connectivity index (χ1) is 12.2. The van der Waals surface area contributed by atoms with Gasteiger partial charge in [0, 0.05) is 16.1 Å². The molecule has 3 heteroatoms. The van der Waals surface area contributed by atoms with Crippen molar-refractivity contribution < 1.29 is 0 Å². The van der Waals surface area contributed by atoms with Crippen LogP contribution >= 0.6 is 11.6 Å². The number of para-hydroxylation sites is 1. The second-order valence-corrected chi connectivity index (χ2v) is 6.47. The molecule has 3 aromatic carbocycles. The van der Waals surface area contributed by atoms with Gasteiger partial charge in [0.25, 0.3) is 0 Å². The Morgan fingerprint density at radius 2 is 1.40 bits per heavy atom. The summed E-state index contributed by atoms with van der Waals surface area (Å²) in [7, 11) is 0. The Bertz CT molecular complexity index is 985. The van der Waals surface area contributed by atoms with Crippen LogP contribution in [0, 0.1) is 6.92 Å². The number of halogens is 1. The summed E-state index contributed by atoms with van der Waals surface area (Å²) in [6.07, 6.45) is 0. The average molecular weight is 345 g/mol. The lowest BCUT2D eigenvalue weighted by Crippen LogP contribution is -1.98. The second-order valence-electron chi connectivity index (χ2n) is 6.04. The average Bonchev–Trinajstić information content (AvgIpc) is 3.09. The summed E-state index contributed by atoms with van der Waals surface area (Å²) in [4.78, 5) is 0. The van der Waals surface area contributed by atoms with Crippen LogP contribution in [0.2, 0.25) is 5.02 Å². The molecular weight excluding hydrogens is 328 g/mol. The molecule has 2 nitrogen and oxygen atoms in total. The fourth-order valence-electron chi connectivity index (χ4n) is 2.84. The first kappa shape index (κ1) is 15.7. The smallest absolute Gasteiger partial charge is 0.0934 e. The summed E-state index contributed by atoms with van der Waals surface area (Å²) >= 11 is 6.05. The van der Waals surface area contributed by atoms with Crippen LogP contribution in [0.4, 0.5) is 0 Å². The molecule has 0 unspecified atom stereocenters. The van der Waals surface area contributed by atoms with E-state index in [9.17, 15) is 0 Å². The molecule has 1 aromatic heterocycles. The Hall–Kier alpha value is -2.84. The fraction of sp³-hybridized carbons (Fsp3) is 0.0455. The molecule has 0 aliphatic heterocycles. The van der Waals surface area contributed by atoms with Crippen LogP contribution in [0.15, 0.2) is 84.9 Å². The van der Waals surface area contributed by atoms with Gasteiger partial charge in [0.05, 0.1) is 17.1 Å². The topological polar surface area (TPSA) is 17.8 Å². The number of aryl methyl sites for hydroxylation is 1. The molecule has 0 amide bonds. The number of benzene rings is 3. The number of rotatable bonds is 3. The van der Waals surface area contributed by atoms with Gasteiger partial charge in [0.1, 0.15) is 0 Å². The van der Waals surface area contributed by atoms with Gasteiger partial charge < -0.3 is 0 Å². The zero-order valence-corrected chi connectivity index (χ0v) is 14.6. The Labute approximate surface area is 152 Å². The summed E-state index contributed by atoms with van der Waals surface area (Å²) in [6.45, 7) is 2.09. The van der Waals surface area contributed by atoms with E-state index in [0.717, 1.165) is 33.2 Å². The molecule has 4 rings (SSSR count). The minimum atomic E-state index is 0.730. The van der Waals surface area contributed by atoms with Crippen molar-refractivity contribution in [3.05, 3.63) is 95.5 Å². The summed E-state index contributed by atoms with van der Waals surface area (Å²) < 4.78 is 1.98. The zero-order chi connectivity index (χ0) is 17.2. The van der Waals surface area contributed by atoms with Crippen molar-refractivity contribution in [2.75, 3.05) is 0 Å². The molecule has 0 radical (unpaired) electrons. The maximum Gasteiger partial charge on any atom is 0.0934 e. The molecule has 0 saturated heterocycles. The minimum Gasteiger partial charge on any atom is -0.232 e. The standard InChI is InChI=1S/C22H17ClN2/c1-16-7-9-17(10-8-16)21-15-22(18-11-13-19(23)14-12-18)25(24-21)20-5-3-2-4-6-20/h2-15H,1H3. The van der Waals surface area contributed by atoms with Gasteiger partial charge in [-0.15, -0.1) is 0 Å². The van der Waals surface area contributed by atoms with Crippen molar-refractivity contribution in [2.45, 2.75) is 6.92 Å². The van der Waals surface area contributed by atoms with E-state index in [1.807, 2.05) is 47.1 Å². The SMILES string of the molecule is Cc1ccc(-c2cc(-c3ccc(Cl)cc3)n(-c3ccccc3)n2)cc1. The van der Waals surface area contributed by atoms with Gasteiger partial charge in [-0.2, -0.15) is 5.10 Å². The van der Waals surface area contributed by atoms with Gasteiger partial charge >= 0.3 is 0 Å². The molecule has 1 heterocycles. The molecule has 122 valence electrons. The highest BCUT2D eigenvalue weighted by Gasteiger charge is 2.13. The maximum atomic E-state index is 6.05. The third kappa shape index (κ3) is 3.21. The van der Waals surface area contributed by atoms with Crippen molar-refractivity contribution in [3.63, 3.8) is 0 Å². The van der Waals surface area contributed by atoms with Crippen molar-refractivity contribution in [1.29, 1.82) is 0 Å². The summed E-state index contributed by atoms with van der Waals surface area (Å²) in [5, 5.41) is 5.59. The Kier molecular flexibility index (Phi) is 4.12. The van der Waals surface area contributed by atoms with E-state index in [2.05, 4.69) is 49.4 Å². The molecule has 4 aromatic rings. The Morgan fingerprint density at radius 3 is 2.08 bits per heavy atom. The first-order valence-corrected chi connectivity index (χ1v) is 8.57. The fourth-order valence-corrected chi connectivity index (χ4v) is 2.96. The largest absolute Gasteiger partial charge is 0.232 e. The van der Waals surface area contributed by atoms with E-state index in [0.29, 0.717) is 0 Å². The second kappa shape index (κ2) is 6.58. The molecular formula is C22H17ClN2. The molecule has 0 aliphatic carbocycles. The normalized spacial score (nSPS) is 10.8. The number of hydrogen-bond acceptors (Lipinski definition) is 1. The first-order valence-electron chi connectivity index (χ1n) is 8.19. The number of nitrogens with zero attached hydrogens (tertiary/aromatic N) is 2. The van der Waals surface area contributed by atoms with Crippen LogP contribution in [-0.2, 0) is 0 Å². The lowest BCUT2D eigenvalue weighted by molar-refractivity contribution is 0.892. The highest BCUT2D eigenvalue weighted by atomic mass is 35.5. The molecule has 0 saturated carbocycles. The van der Waals surface area contributed by atoms with Gasteiger partial charge in [-0.25, -0.2) is 4.68 Å². The lowest BCUT2D eigenvalue weighted by atomic mass is 10.1.